The second-order valence-electron chi connectivity index (χ2n) is 7.29. The molecule has 1 aromatic rings. The van der Waals surface area contributed by atoms with Crippen molar-refractivity contribution < 1.29 is 13.6 Å². The van der Waals surface area contributed by atoms with Gasteiger partial charge in [0.15, 0.2) is 0 Å². The molecule has 3 rings (SSSR count). The van der Waals surface area contributed by atoms with Crippen LogP contribution in [0.25, 0.3) is 0 Å². The van der Waals surface area contributed by atoms with Gasteiger partial charge in [0.2, 0.25) is 5.91 Å². The maximum absolute atomic E-state index is 13.2. The van der Waals surface area contributed by atoms with Crippen LogP contribution >= 0.6 is 0 Å². The molecule has 3 heterocycles. The van der Waals surface area contributed by atoms with E-state index in [-0.39, 0.29) is 31.8 Å². The summed E-state index contributed by atoms with van der Waals surface area (Å²) in [6, 6.07) is 0. The molecule has 0 bridgehead atoms. The van der Waals surface area contributed by atoms with Gasteiger partial charge in [-0.3, -0.25) is 9.78 Å². The number of halogens is 2. The Morgan fingerprint density at radius 3 is 2.48 bits per heavy atom. The lowest BCUT2D eigenvalue weighted by Gasteiger charge is -2.35. The molecular weight excluding hydrogens is 326 g/mol. The zero-order valence-corrected chi connectivity index (χ0v) is 15.0. The summed E-state index contributed by atoms with van der Waals surface area (Å²) in [4.78, 5) is 25.2. The molecule has 2 fully saturated rings. The van der Waals surface area contributed by atoms with E-state index >= 15 is 0 Å². The van der Waals surface area contributed by atoms with Gasteiger partial charge in [0.05, 0.1) is 11.4 Å². The Morgan fingerprint density at radius 1 is 1.20 bits per heavy atom. The first-order chi connectivity index (χ1) is 11.8. The van der Waals surface area contributed by atoms with Crippen molar-refractivity contribution in [1.29, 1.82) is 0 Å². The number of hydrogen-bond donors (Lipinski definition) is 0. The SMILES string of the molecule is Cc1cnc(C)c(N2CCC(CC(=O)N3CCC(F)(F)CC3)CC2)n1. The van der Waals surface area contributed by atoms with Crippen LogP contribution in [0.5, 0.6) is 0 Å². The first-order valence-corrected chi connectivity index (χ1v) is 9.05. The fourth-order valence-electron chi connectivity index (χ4n) is 3.63. The number of hydrogen-bond acceptors (Lipinski definition) is 4. The Morgan fingerprint density at radius 2 is 1.84 bits per heavy atom. The van der Waals surface area contributed by atoms with E-state index in [9.17, 15) is 13.6 Å². The van der Waals surface area contributed by atoms with Gasteiger partial charge in [-0.05, 0) is 32.6 Å². The Hall–Kier alpha value is -1.79. The molecular formula is C18H26F2N4O. The molecule has 0 saturated carbocycles. The number of carbonyl (C=O) groups excluding carboxylic acids is 1. The van der Waals surface area contributed by atoms with Gasteiger partial charge < -0.3 is 9.80 Å². The van der Waals surface area contributed by atoms with Crippen LogP contribution in [0.3, 0.4) is 0 Å². The van der Waals surface area contributed by atoms with Gasteiger partial charge in [-0.15, -0.1) is 0 Å². The maximum atomic E-state index is 13.2. The summed E-state index contributed by atoms with van der Waals surface area (Å²) in [5, 5.41) is 0. The standard InChI is InChI=1S/C18H26F2N4O/c1-13-12-21-14(2)17(22-13)24-7-3-15(4-8-24)11-16(25)23-9-5-18(19,20)6-10-23/h12,15H,3-11H2,1-2H3. The highest BCUT2D eigenvalue weighted by molar-refractivity contribution is 5.76. The van der Waals surface area contributed by atoms with E-state index in [0.717, 1.165) is 43.1 Å². The second-order valence-corrected chi connectivity index (χ2v) is 7.29. The Bertz CT molecular complexity index is 620. The zero-order chi connectivity index (χ0) is 18.0. The molecule has 0 spiro atoms. The molecule has 1 aromatic heterocycles. The average Bonchev–Trinajstić information content (AvgIpc) is 2.58. The predicted molar refractivity (Wildman–Crippen MR) is 91.8 cm³/mol. The Kier molecular flexibility index (Phi) is 5.20. The van der Waals surface area contributed by atoms with Crippen molar-refractivity contribution in [2.45, 2.75) is 51.9 Å². The van der Waals surface area contributed by atoms with Crippen molar-refractivity contribution in [2.24, 2.45) is 5.92 Å². The van der Waals surface area contributed by atoms with E-state index in [1.807, 2.05) is 13.8 Å². The summed E-state index contributed by atoms with van der Waals surface area (Å²) in [7, 11) is 0. The van der Waals surface area contributed by atoms with E-state index in [0.29, 0.717) is 12.3 Å². The third-order valence-electron chi connectivity index (χ3n) is 5.28. The maximum Gasteiger partial charge on any atom is 0.251 e. The quantitative estimate of drug-likeness (QED) is 0.839. The number of piperidine rings is 2. The highest BCUT2D eigenvalue weighted by Crippen LogP contribution is 2.30. The highest BCUT2D eigenvalue weighted by Gasteiger charge is 2.36. The van der Waals surface area contributed by atoms with Gasteiger partial charge in [-0.25, -0.2) is 13.8 Å². The molecule has 25 heavy (non-hydrogen) atoms. The van der Waals surface area contributed by atoms with E-state index < -0.39 is 5.92 Å². The summed E-state index contributed by atoms with van der Waals surface area (Å²) in [5.74, 6) is -1.32. The average molecular weight is 352 g/mol. The molecule has 0 radical (unpaired) electrons. The molecule has 7 heteroatoms. The van der Waals surface area contributed by atoms with Crippen LogP contribution in [-0.4, -0.2) is 52.9 Å². The lowest BCUT2D eigenvalue weighted by Crippen LogP contribution is -2.44. The summed E-state index contributed by atoms with van der Waals surface area (Å²) in [5.41, 5.74) is 1.83. The zero-order valence-electron chi connectivity index (χ0n) is 15.0. The number of anilines is 1. The summed E-state index contributed by atoms with van der Waals surface area (Å²) in [6.45, 7) is 5.97. The lowest BCUT2D eigenvalue weighted by molar-refractivity contribution is -0.138. The van der Waals surface area contributed by atoms with Crippen LogP contribution in [0.2, 0.25) is 0 Å². The van der Waals surface area contributed by atoms with Gasteiger partial charge in [-0.1, -0.05) is 0 Å². The van der Waals surface area contributed by atoms with Gasteiger partial charge in [0.1, 0.15) is 5.82 Å². The smallest absolute Gasteiger partial charge is 0.251 e. The molecule has 138 valence electrons. The van der Waals surface area contributed by atoms with Crippen molar-refractivity contribution >= 4 is 11.7 Å². The van der Waals surface area contributed by atoms with Gasteiger partial charge in [0.25, 0.3) is 5.92 Å². The van der Waals surface area contributed by atoms with E-state index in [1.54, 1.807) is 11.1 Å². The number of amides is 1. The first-order valence-electron chi connectivity index (χ1n) is 9.05. The topological polar surface area (TPSA) is 49.3 Å². The molecule has 2 aliphatic heterocycles. The van der Waals surface area contributed by atoms with Crippen molar-refractivity contribution in [2.75, 3.05) is 31.1 Å². The number of nitrogens with zero attached hydrogens (tertiary/aromatic N) is 4. The Labute approximate surface area is 147 Å². The van der Waals surface area contributed by atoms with E-state index in [4.69, 9.17) is 0 Å². The van der Waals surface area contributed by atoms with Crippen LogP contribution in [0.15, 0.2) is 6.20 Å². The highest BCUT2D eigenvalue weighted by atomic mass is 19.3. The number of likely N-dealkylation sites (tertiary alicyclic amines) is 1. The molecule has 2 saturated heterocycles. The Balaban J connectivity index is 1.49. The van der Waals surface area contributed by atoms with Crippen LogP contribution in [0.1, 0.15) is 43.5 Å². The van der Waals surface area contributed by atoms with Gasteiger partial charge >= 0.3 is 0 Å². The van der Waals surface area contributed by atoms with E-state index in [2.05, 4.69) is 14.9 Å². The second kappa shape index (κ2) is 7.22. The van der Waals surface area contributed by atoms with Crippen LogP contribution in [0.4, 0.5) is 14.6 Å². The van der Waals surface area contributed by atoms with E-state index in [1.165, 1.54) is 0 Å². The molecule has 2 aliphatic rings. The van der Waals surface area contributed by atoms with Gasteiger partial charge in [-0.2, -0.15) is 0 Å². The summed E-state index contributed by atoms with van der Waals surface area (Å²) < 4.78 is 26.4. The number of alkyl halides is 2. The molecule has 0 atom stereocenters. The number of rotatable bonds is 3. The number of aryl methyl sites for hydroxylation is 2. The summed E-state index contributed by atoms with van der Waals surface area (Å²) >= 11 is 0. The third kappa shape index (κ3) is 4.44. The molecule has 0 aliphatic carbocycles. The number of carbonyl (C=O) groups is 1. The minimum Gasteiger partial charge on any atom is -0.355 e. The van der Waals surface area contributed by atoms with Gasteiger partial charge in [0, 0.05) is 51.6 Å². The molecule has 0 N–H and O–H groups in total. The van der Waals surface area contributed by atoms with Crippen LogP contribution in [-0.2, 0) is 4.79 Å². The normalized spacial score (nSPS) is 21.4. The molecule has 1 amide bonds. The molecule has 0 aromatic carbocycles. The van der Waals surface area contributed by atoms with Crippen molar-refractivity contribution in [3.05, 3.63) is 17.6 Å². The monoisotopic (exact) mass is 352 g/mol. The molecule has 5 nitrogen and oxygen atoms in total. The van der Waals surface area contributed by atoms with Crippen molar-refractivity contribution in [3.8, 4) is 0 Å². The summed E-state index contributed by atoms with van der Waals surface area (Å²) in [6.07, 6.45) is 3.67. The lowest BCUT2D eigenvalue weighted by atomic mass is 9.92. The minimum atomic E-state index is -2.60. The first kappa shape index (κ1) is 18.0. The largest absolute Gasteiger partial charge is 0.355 e. The van der Waals surface area contributed by atoms with Crippen LogP contribution < -0.4 is 4.90 Å². The fraction of sp³-hybridized carbons (Fsp3) is 0.722. The molecule has 0 unspecified atom stereocenters. The fourth-order valence-corrected chi connectivity index (χ4v) is 3.63. The minimum absolute atomic E-state index is 0.0282. The third-order valence-corrected chi connectivity index (χ3v) is 5.28. The van der Waals surface area contributed by atoms with Crippen LogP contribution in [0, 0.1) is 19.8 Å². The number of aromatic nitrogens is 2. The predicted octanol–water partition coefficient (Wildman–Crippen LogP) is 2.96. The van der Waals surface area contributed by atoms with Crippen molar-refractivity contribution in [1.82, 2.24) is 14.9 Å². The van der Waals surface area contributed by atoms with Crippen molar-refractivity contribution in [3.63, 3.8) is 0 Å².